The smallest absolute Gasteiger partial charge is 0.410 e. The van der Waals surface area contributed by atoms with E-state index in [1.54, 1.807) is 17.0 Å². The molecule has 2 aromatic heterocycles. The molecule has 8 nitrogen and oxygen atoms in total. The number of rotatable bonds is 6. The van der Waals surface area contributed by atoms with Crippen molar-refractivity contribution in [3.05, 3.63) is 35.1 Å². The van der Waals surface area contributed by atoms with Crippen LogP contribution in [0.15, 0.2) is 24.5 Å². The first-order valence-corrected chi connectivity index (χ1v) is 13.9. The molecular formula is C19H25ClIN4O4P. The van der Waals surface area contributed by atoms with Gasteiger partial charge in [-0.1, -0.05) is 11.6 Å². The summed E-state index contributed by atoms with van der Waals surface area (Å²) in [6.45, 7) is 6.36. The summed E-state index contributed by atoms with van der Waals surface area (Å²) in [6, 6.07) is 3.16. The van der Waals surface area contributed by atoms with E-state index in [4.69, 9.17) is 25.8 Å². The number of ether oxygens (including phenoxy) is 3. The van der Waals surface area contributed by atoms with Gasteiger partial charge in [-0.05, 0) is 60.9 Å². The summed E-state index contributed by atoms with van der Waals surface area (Å²) in [5.74, 6) is 0.846. The van der Waals surface area contributed by atoms with Gasteiger partial charge in [-0.15, -0.1) is 0 Å². The second-order valence-electron chi connectivity index (χ2n) is 7.97. The zero-order chi connectivity index (χ0) is 21.9. The first-order chi connectivity index (χ1) is 14.2. The Morgan fingerprint density at radius 3 is 2.80 bits per heavy atom. The first-order valence-electron chi connectivity index (χ1n) is 9.44. The molecule has 3 unspecified atom stereocenters. The highest BCUT2D eigenvalue weighted by molar-refractivity contribution is 14.2. The number of likely N-dealkylation sites (tertiary alicyclic amines) is 1. The van der Waals surface area contributed by atoms with E-state index < -0.39 is 5.60 Å². The Labute approximate surface area is 195 Å². The average Bonchev–Trinajstić information content (AvgIpc) is 3.33. The molecule has 3 atom stereocenters. The molecule has 0 aliphatic carbocycles. The number of pyridine rings is 1. The lowest BCUT2D eigenvalue weighted by Gasteiger charge is -2.28. The normalized spacial score (nSPS) is 19.5. The fourth-order valence-electron chi connectivity index (χ4n) is 3.25. The van der Waals surface area contributed by atoms with Crippen LogP contribution in [0, 0.1) is 0 Å². The van der Waals surface area contributed by atoms with Crippen molar-refractivity contribution in [2.45, 2.75) is 44.8 Å². The van der Waals surface area contributed by atoms with E-state index in [0.29, 0.717) is 23.8 Å². The molecule has 3 heterocycles. The van der Waals surface area contributed by atoms with Crippen molar-refractivity contribution in [1.82, 2.24) is 19.4 Å². The summed E-state index contributed by atoms with van der Waals surface area (Å²) >= 11 is 8.49. The molecule has 0 spiro atoms. The van der Waals surface area contributed by atoms with Gasteiger partial charge < -0.3 is 19.1 Å². The predicted molar refractivity (Wildman–Crippen MR) is 125 cm³/mol. The number of nitrogens with zero attached hydrogens (tertiary/aromatic N) is 4. The third kappa shape index (κ3) is 5.88. The first kappa shape index (κ1) is 23.3. The van der Waals surface area contributed by atoms with Crippen molar-refractivity contribution in [2.24, 2.45) is 0 Å². The topological polar surface area (TPSA) is 78.7 Å². The Bertz CT molecular complexity index is 892. The van der Waals surface area contributed by atoms with Gasteiger partial charge in [0.25, 0.3) is 0 Å². The maximum Gasteiger partial charge on any atom is 0.410 e. The summed E-state index contributed by atoms with van der Waals surface area (Å²) < 4.78 is 18.6. The molecule has 164 valence electrons. The van der Waals surface area contributed by atoms with Gasteiger partial charge in [-0.25, -0.2) is 9.25 Å². The van der Waals surface area contributed by atoms with Crippen LogP contribution >= 0.6 is 40.0 Å². The summed E-state index contributed by atoms with van der Waals surface area (Å²) in [4.78, 5) is 18.8. The fourth-order valence-corrected chi connectivity index (χ4v) is 4.50. The molecular weight excluding hydrogens is 542 g/mol. The molecule has 0 bridgehead atoms. The van der Waals surface area contributed by atoms with Crippen LogP contribution in [0.25, 0.3) is 0 Å². The molecule has 2 aromatic rings. The van der Waals surface area contributed by atoms with Crippen LogP contribution < -0.4 is 9.47 Å². The highest BCUT2D eigenvalue weighted by Crippen LogP contribution is 2.35. The van der Waals surface area contributed by atoms with Crippen LogP contribution in [0.3, 0.4) is 0 Å². The van der Waals surface area contributed by atoms with Crippen LogP contribution in [0.1, 0.15) is 38.7 Å². The molecule has 1 aliphatic heterocycles. The Balaban J connectivity index is 1.76. The van der Waals surface area contributed by atoms with Crippen molar-refractivity contribution in [2.75, 3.05) is 20.3 Å². The summed E-state index contributed by atoms with van der Waals surface area (Å²) in [5.41, 5.74) is 0.526. The van der Waals surface area contributed by atoms with E-state index in [0.717, 1.165) is 12.0 Å². The van der Waals surface area contributed by atoms with Gasteiger partial charge in [0, 0.05) is 24.7 Å². The fraction of sp³-hybridized carbons (Fsp3) is 0.526. The van der Waals surface area contributed by atoms with Crippen molar-refractivity contribution >= 4 is 46.1 Å². The molecule has 1 aliphatic rings. The quantitative estimate of drug-likeness (QED) is 0.366. The van der Waals surface area contributed by atoms with Crippen molar-refractivity contribution in [3.8, 4) is 11.8 Å². The Hall–Kier alpha value is -1.32. The molecule has 11 heteroatoms. The number of amides is 1. The molecule has 30 heavy (non-hydrogen) atoms. The van der Waals surface area contributed by atoms with Crippen LogP contribution in [0.2, 0.25) is 5.02 Å². The maximum absolute atomic E-state index is 12.9. The average molecular weight is 567 g/mol. The largest absolute Gasteiger partial charge is 0.481 e. The van der Waals surface area contributed by atoms with Gasteiger partial charge >= 0.3 is 6.09 Å². The van der Waals surface area contributed by atoms with E-state index in [-0.39, 0.29) is 30.5 Å². The number of aromatic nitrogens is 3. The zero-order valence-corrected chi connectivity index (χ0v) is 21.2. The van der Waals surface area contributed by atoms with Crippen LogP contribution in [-0.4, -0.2) is 57.4 Å². The highest BCUT2D eigenvalue weighted by Gasteiger charge is 2.39. The monoisotopic (exact) mass is 566 g/mol. The summed E-state index contributed by atoms with van der Waals surface area (Å²) in [7, 11) is 1.53. The zero-order valence-electron chi connectivity index (χ0n) is 17.3. The molecule has 1 saturated heterocycles. The van der Waals surface area contributed by atoms with Gasteiger partial charge in [-0.2, -0.15) is 10.1 Å². The number of carbonyl (C=O) groups excluding carboxylic acids is 1. The summed E-state index contributed by atoms with van der Waals surface area (Å²) in [6.07, 6.45) is 4.81. The van der Waals surface area contributed by atoms with Crippen molar-refractivity contribution in [1.29, 1.82) is 0 Å². The second kappa shape index (κ2) is 9.87. The number of hydrogen-bond acceptors (Lipinski definition) is 6. The lowest BCUT2D eigenvalue weighted by atomic mass is 10.00. The number of hydrogen-bond donors (Lipinski definition) is 0. The van der Waals surface area contributed by atoms with Gasteiger partial charge in [0.2, 0.25) is 11.8 Å². The molecule has 3 rings (SSSR count). The number of halogens is 2. The molecule has 0 aromatic carbocycles. The molecule has 0 radical (unpaired) electrons. The minimum absolute atomic E-state index is 0.154. The van der Waals surface area contributed by atoms with Crippen molar-refractivity contribution < 1.29 is 19.0 Å². The third-order valence-corrected chi connectivity index (χ3v) is 6.80. The van der Waals surface area contributed by atoms with E-state index in [1.807, 2.05) is 37.6 Å². The van der Waals surface area contributed by atoms with Crippen LogP contribution in [0.5, 0.6) is 11.8 Å². The lowest BCUT2D eigenvalue weighted by molar-refractivity contribution is 0.0184. The predicted octanol–water partition coefficient (Wildman–Crippen LogP) is 4.90. The molecule has 1 amide bonds. The second-order valence-corrected chi connectivity index (χ2v) is 10.5. The van der Waals surface area contributed by atoms with E-state index in [9.17, 15) is 4.79 Å². The van der Waals surface area contributed by atoms with Crippen LogP contribution in [-0.2, 0) is 4.74 Å². The number of methoxy groups -OCH3 is 1. The lowest BCUT2D eigenvalue weighted by Crippen LogP contribution is -2.42. The standard InChI is InChI=1S/C19H25ClIN4O4P/c1-19(2,3)29-18(26)24-9-12(13-8-22-25(10-13)30-21)7-14(24)11-28-17-15(20)5-6-16(23-17)27-4/h5-6,8,10,12,14,30H,7,9,11H2,1-4H3. The van der Waals surface area contributed by atoms with Crippen LogP contribution in [0.4, 0.5) is 4.79 Å². The summed E-state index contributed by atoms with van der Waals surface area (Å²) in [5, 5.41) is 4.76. The van der Waals surface area contributed by atoms with Gasteiger partial charge in [0.1, 0.15) is 17.2 Å². The Kier molecular flexibility index (Phi) is 7.68. The Morgan fingerprint density at radius 1 is 1.40 bits per heavy atom. The number of carbonyl (C=O) groups is 1. The maximum atomic E-state index is 12.9. The van der Waals surface area contributed by atoms with Gasteiger partial charge in [0.05, 0.1) is 25.7 Å². The molecule has 1 fully saturated rings. The Morgan fingerprint density at radius 2 is 2.17 bits per heavy atom. The van der Waals surface area contributed by atoms with Gasteiger partial charge in [-0.3, -0.25) is 0 Å². The highest BCUT2D eigenvalue weighted by atomic mass is 127. The van der Waals surface area contributed by atoms with Crippen molar-refractivity contribution in [3.63, 3.8) is 0 Å². The van der Waals surface area contributed by atoms with Gasteiger partial charge in [0.15, 0.2) is 0 Å². The van der Waals surface area contributed by atoms with E-state index in [2.05, 4.69) is 32.1 Å². The van der Waals surface area contributed by atoms with E-state index >= 15 is 0 Å². The van der Waals surface area contributed by atoms with E-state index in [1.165, 1.54) is 7.11 Å². The minimum atomic E-state index is -0.578. The SMILES string of the molecule is COc1ccc(Cl)c(OCC2CC(c3cnn(PI)c3)CN2C(=O)OC(C)(C)C)n1. The third-order valence-electron chi connectivity index (χ3n) is 4.61. The molecule has 0 N–H and O–H groups in total. The minimum Gasteiger partial charge on any atom is -0.481 e. The molecule has 0 saturated carbocycles.